The number of hydrogen-bond acceptors (Lipinski definition) is 5. The maximum Gasteiger partial charge on any atom is 0.251 e. The maximum absolute atomic E-state index is 10.6. The lowest BCUT2D eigenvalue weighted by Crippen LogP contribution is -2.10. The van der Waals surface area contributed by atoms with Crippen LogP contribution in [0.1, 0.15) is 0 Å². The first-order valence-corrected chi connectivity index (χ1v) is 4.94. The molecule has 0 aliphatic carbocycles. The van der Waals surface area contributed by atoms with Crippen LogP contribution in [0.15, 0.2) is 9.59 Å². The van der Waals surface area contributed by atoms with Crippen LogP contribution >= 0.6 is 11.3 Å². The molecule has 11 heavy (non-hydrogen) atoms. The Bertz CT molecular complexity index is 367. The van der Waals surface area contributed by atoms with E-state index in [0.29, 0.717) is 0 Å². The molecule has 0 spiro atoms. The third kappa shape index (κ3) is 1.44. The van der Waals surface area contributed by atoms with Gasteiger partial charge in [-0.25, -0.2) is 13.6 Å². The highest BCUT2D eigenvalue weighted by Crippen LogP contribution is 2.34. The number of nitrogens with two attached hydrogens (primary N) is 2. The third-order valence-corrected chi connectivity index (χ3v) is 3.49. The van der Waals surface area contributed by atoms with Crippen LogP contribution in [0.25, 0.3) is 0 Å². The molecule has 0 amide bonds. The van der Waals surface area contributed by atoms with Crippen LogP contribution in [0.4, 0.5) is 5.69 Å². The molecule has 1 aromatic heterocycles. The summed E-state index contributed by atoms with van der Waals surface area (Å²) in [5.41, 5.74) is 5.20. The normalized spacial score (nSPS) is 11.7. The molecule has 5 nitrogen and oxygen atoms in total. The zero-order valence-electron chi connectivity index (χ0n) is 5.31. The number of anilines is 1. The van der Waals surface area contributed by atoms with Gasteiger partial charge in [0, 0.05) is 5.38 Å². The monoisotopic (exact) mass is 194 g/mol. The van der Waals surface area contributed by atoms with Crippen molar-refractivity contribution in [3.8, 4) is 5.75 Å². The van der Waals surface area contributed by atoms with Crippen LogP contribution in [0, 0.1) is 0 Å². The summed E-state index contributed by atoms with van der Waals surface area (Å²) >= 11 is 0.795. The zero-order valence-corrected chi connectivity index (χ0v) is 6.95. The quantitative estimate of drug-likeness (QED) is 0.569. The molecule has 0 aliphatic heterocycles. The Labute approximate surface area is 67.3 Å². The van der Waals surface area contributed by atoms with Crippen molar-refractivity contribution in [1.29, 1.82) is 0 Å². The lowest BCUT2D eigenvalue weighted by molar-refractivity contribution is 0.466. The molecule has 1 aromatic rings. The van der Waals surface area contributed by atoms with Crippen molar-refractivity contribution in [3.63, 3.8) is 0 Å². The van der Waals surface area contributed by atoms with Crippen LogP contribution in [0.3, 0.4) is 0 Å². The van der Waals surface area contributed by atoms with Gasteiger partial charge in [-0.3, -0.25) is 0 Å². The minimum atomic E-state index is -3.82. The molecule has 0 saturated heterocycles. The van der Waals surface area contributed by atoms with Crippen LogP contribution < -0.4 is 10.9 Å². The molecule has 0 aromatic carbocycles. The minimum Gasteiger partial charge on any atom is -0.504 e. The Hall–Kier alpha value is -0.790. The molecule has 7 heteroatoms. The van der Waals surface area contributed by atoms with Gasteiger partial charge >= 0.3 is 0 Å². The topological polar surface area (TPSA) is 106 Å². The minimum absolute atomic E-state index is 0.0269. The predicted octanol–water partition coefficient (Wildman–Crippen LogP) is -0.317. The molecular weight excluding hydrogens is 188 g/mol. The van der Waals surface area contributed by atoms with Crippen molar-refractivity contribution in [2.75, 3.05) is 5.73 Å². The Balaban J connectivity index is 3.38. The number of primary sulfonamides is 1. The Morgan fingerprint density at radius 2 is 2.09 bits per heavy atom. The summed E-state index contributed by atoms with van der Waals surface area (Å²) in [6, 6.07) is 0. The second kappa shape index (κ2) is 2.36. The Kier molecular flexibility index (Phi) is 1.78. The molecule has 5 N–H and O–H groups in total. The summed E-state index contributed by atoms with van der Waals surface area (Å²) in [7, 11) is -3.82. The molecular formula is C4H6N2O3S2. The molecule has 1 rings (SSSR count). The molecule has 0 fully saturated rings. The van der Waals surface area contributed by atoms with Gasteiger partial charge in [-0.2, -0.15) is 0 Å². The Morgan fingerprint density at radius 3 is 2.27 bits per heavy atom. The van der Waals surface area contributed by atoms with E-state index in [1.165, 1.54) is 5.38 Å². The van der Waals surface area contributed by atoms with E-state index in [2.05, 4.69) is 0 Å². The number of sulfonamides is 1. The van der Waals surface area contributed by atoms with E-state index in [4.69, 9.17) is 16.0 Å². The van der Waals surface area contributed by atoms with Crippen LogP contribution in [-0.4, -0.2) is 13.5 Å². The highest BCUT2D eigenvalue weighted by molar-refractivity contribution is 7.91. The SMILES string of the molecule is Nc1csc(S(N)(=O)=O)c1O. The number of thiophene rings is 1. The highest BCUT2D eigenvalue weighted by atomic mass is 32.2. The van der Waals surface area contributed by atoms with Gasteiger partial charge in [0.05, 0.1) is 5.69 Å². The molecule has 0 radical (unpaired) electrons. The second-order valence-electron chi connectivity index (χ2n) is 1.87. The number of rotatable bonds is 1. The van der Waals surface area contributed by atoms with Gasteiger partial charge in [0.2, 0.25) is 0 Å². The second-order valence-corrected chi connectivity index (χ2v) is 4.51. The largest absolute Gasteiger partial charge is 0.504 e. The average Bonchev–Trinajstić information content (AvgIpc) is 2.11. The molecule has 0 saturated carbocycles. The first-order chi connectivity index (χ1) is 4.93. The summed E-state index contributed by atoms with van der Waals surface area (Å²) in [6.45, 7) is 0. The van der Waals surface area contributed by atoms with Crippen LogP contribution in [0.5, 0.6) is 5.75 Å². The summed E-state index contributed by atoms with van der Waals surface area (Å²) < 4.78 is 21.0. The van der Waals surface area contributed by atoms with Crippen molar-refractivity contribution in [2.24, 2.45) is 5.14 Å². The zero-order chi connectivity index (χ0) is 8.65. The summed E-state index contributed by atoms with van der Waals surface area (Å²) in [5.74, 6) is -0.461. The molecule has 0 bridgehead atoms. The molecule has 0 aliphatic rings. The van der Waals surface area contributed by atoms with Crippen molar-refractivity contribution >= 4 is 27.0 Å². The summed E-state index contributed by atoms with van der Waals surface area (Å²) in [6.07, 6.45) is 0. The van der Waals surface area contributed by atoms with Gasteiger partial charge in [-0.1, -0.05) is 0 Å². The number of hydrogen-bond donors (Lipinski definition) is 3. The van der Waals surface area contributed by atoms with Gasteiger partial charge in [-0.05, 0) is 0 Å². The smallest absolute Gasteiger partial charge is 0.251 e. The molecule has 0 atom stereocenters. The molecule has 0 unspecified atom stereocenters. The van der Waals surface area contributed by atoms with Gasteiger partial charge in [0.25, 0.3) is 10.0 Å². The summed E-state index contributed by atoms with van der Waals surface area (Å²) in [4.78, 5) is 0. The van der Waals surface area contributed by atoms with Gasteiger partial charge in [0.15, 0.2) is 9.96 Å². The van der Waals surface area contributed by atoms with E-state index >= 15 is 0 Å². The first-order valence-electron chi connectivity index (χ1n) is 2.51. The van der Waals surface area contributed by atoms with Gasteiger partial charge < -0.3 is 10.8 Å². The van der Waals surface area contributed by atoms with E-state index in [1.54, 1.807) is 0 Å². The third-order valence-electron chi connectivity index (χ3n) is 1.02. The van der Waals surface area contributed by atoms with E-state index in [1.807, 2.05) is 0 Å². The average molecular weight is 194 g/mol. The Morgan fingerprint density at radius 1 is 1.55 bits per heavy atom. The van der Waals surface area contributed by atoms with Gasteiger partial charge in [0.1, 0.15) is 0 Å². The van der Waals surface area contributed by atoms with E-state index in [-0.39, 0.29) is 9.90 Å². The fourth-order valence-corrected chi connectivity index (χ4v) is 2.19. The van der Waals surface area contributed by atoms with Gasteiger partial charge in [-0.15, -0.1) is 11.3 Å². The maximum atomic E-state index is 10.6. The van der Waals surface area contributed by atoms with E-state index in [0.717, 1.165) is 11.3 Å². The van der Waals surface area contributed by atoms with Crippen molar-refractivity contribution < 1.29 is 13.5 Å². The lowest BCUT2D eigenvalue weighted by atomic mass is 10.5. The van der Waals surface area contributed by atoms with Crippen molar-refractivity contribution in [1.82, 2.24) is 0 Å². The highest BCUT2D eigenvalue weighted by Gasteiger charge is 2.17. The summed E-state index contributed by atoms with van der Waals surface area (Å²) in [5, 5.41) is 15.1. The fourth-order valence-electron chi connectivity index (χ4n) is 0.548. The van der Waals surface area contributed by atoms with Crippen LogP contribution in [0.2, 0.25) is 0 Å². The molecule has 62 valence electrons. The lowest BCUT2D eigenvalue weighted by Gasteiger charge is -1.93. The first kappa shape index (κ1) is 8.31. The molecule has 1 heterocycles. The number of aromatic hydroxyl groups is 1. The van der Waals surface area contributed by atoms with Crippen LogP contribution in [-0.2, 0) is 10.0 Å². The van der Waals surface area contributed by atoms with Crippen molar-refractivity contribution in [2.45, 2.75) is 4.21 Å². The predicted molar refractivity (Wildman–Crippen MR) is 41.8 cm³/mol. The fraction of sp³-hybridized carbons (Fsp3) is 0. The number of nitrogen functional groups attached to an aromatic ring is 1. The van der Waals surface area contributed by atoms with Crippen molar-refractivity contribution in [3.05, 3.63) is 5.38 Å². The standard InChI is InChI=1S/C4H6N2O3S2/c5-2-1-10-4(3(2)7)11(6,8)9/h1,7H,5H2,(H2,6,8,9). The van der Waals surface area contributed by atoms with E-state index in [9.17, 15) is 8.42 Å². The van der Waals surface area contributed by atoms with E-state index < -0.39 is 15.8 Å².